The lowest BCUT2D eigenvalue weighted by molar-refractivity contribution is -0.0930. The molecule has 3 heteroatoms. The Balaban J connectivity index is 1.66. The highest BCUT2D eigenvalue weighted by molar-refractivity contribution is 9.12. The fourth-order valence-electron chi connectivity index (χ4n) is 7.92. The minimum absolute atomic E-state index is 0.348. The molecule has 0 heterocycles. The van der Waals surface area contributed by atoms with Gasteiger partial charge in [-0.2, -0.15) is 0 Å². The van der Waals surface area contributed by atoms with E-state index in [4.69, 9.17) is 0 Å². The summed E-state index contributed by atoms with van der Waals surface area (Å²) in [6.45, 7) is 5.32. The monoisotopic (exact) mass is 522 g/mol. The van der Waals surface area contributed by atoms with Gasteiger partial charge in [0, 0.05) is 14.5 Å². The Hall–Kier alpha value is 1.44. The average Bonchev–Trinajstić information content (AvgIpc) is 2.87. The largest absolute Gasteiger partial charge is 0.0928 e. The molecule has 138 valence electrons. The first-order valence-electron chi connectivity index (χ1n) is 10.3. The molecule has 0 aliphatic heterocycles. The lowest BCUT2D eigenvalue weighted by Gasteiger charge is -2.65. The van der Waals surface area contributed by atoms with Gasteiger partial charge in [-0.25, -0.2) is 0 Å². The summed E-state index contributed by atoms with van der Waals surface area (Å²) in [5.41, 5.74) is 1.12. The molecule has 0 nitrogen and oxygen atoms in total. The van der Waals surface area contributed by atoms with Crippen molar-refractivity contribution >= 4 is 47.8 Å². The van der Waals surface area contributed by atoms with Crippen molar-refractivity contribution in [3.8, 4) is 0 Å². The van der Waals surface area contributed by atoms with Crippen LogP contribution >= 0.6 is 47.8 Å². The van der Waals surface area contributed by atoms with E-state index in [1.165, 1.54) is 69.5 Å². The van der Waals surface area contributed by atoms with Crippen LogP contribution in [0.3, 0.4) is 0 Å². The van der Waals surface area contributed by atoms with Crippen molar-refractivity contribution in [1.82, 2.24) is 0 Å². The van der Waals surface area contributed by atoms with Crippen molar-refractivity contribution in [2.24, 2.45) is 34.5 Å². The fraction of sp³-hybridized carbons (Fsp3) is 1.00. The molecule has 0 saturated heterocycles. The van der Waals surface area contributed by atoms with Gasteiger partial charge < -0.3 is 0 Å². The highest BCUT2D eigenvalue weighted by atomic mass is 79.9. The zero-order valence-corrected chi connectivity index (χ0v) is 20.1. The topological polar surface area (TPSA) is 0 Å². The maximum absolute atomic E-state index is 4.33. The van der Waals surface area contributed by atoms with Crippen LogP contribution in [0, 0.1) is 34.5 Å². The first-order chi connectivity index (χ1) is 11.4. The van der Waals surface area contributed by atoms with E-state index in [1.54, 1.807) is 0 Å². The molecule has 0 unspecified atom stereocenters. The van der Waals surface area contributed by atoms with Gasteiger partial charge in [0.2, 0.25) is 0 Å². The lowest BCUT2D eigenvalue weighted by Crippen LogP contribution is -2.62. The van der Waals surface area contributed by atoms with Crippen LogP contribution in [0.2, 0.25) is 0 Å². The van der Waals surface area contributed by atoms with Gasteiger partial charge in [-0.05, 0) is 85.9 Å². The van der Waals surface area contributed by atoms with E-state index in [2.05, 4.69) is 61.6 Å². The summed E-state index contributed by atoms with van der Waals surface area (Å²) in [5, 5.41) is 1.19. The van der Waals surface area contributed by atoms with Crippen LogP contribution in [-0.4, -0.2) is 14.5 Å². The first kappa shape index (κ1) is 18.8. The van der Waals surface area contributed by atoms with E-state index >= 15 is 0 Å². The van der Waals surface area contributed by atoms with Crippen molar-refractivity contribution in [3.05, 3.63) is 0 Å². The van der Waals surface area contributed by atoms with E-state index in [0.717, 1.165) is 23.7 Å². The molecule has 24 heavy (non-hydrogen) atoms. The number of fused-ring (bicyclic) bond motifs is 5. The van der Waals surface area contributed by atoms with E-state index in [0.29, 0.717) is 20.0 Å². The van der Waals surface area contributed by atoms with Gasteiger partial charge >= 0.3 is 0 Å². The van der Waals surface area contributed by atoms with Crippen LogP contribution in [0.15, 0.2) is 0 Å². The summed E-state index contributed by atoms with van der Waals surface area (Å²) >= 11 is 12.2. The molecule has 0 N–H and O–H groups in total. The predicted octanol–water partition coefficient (Wildman–Crippen LogP) is 7.71. The normalized spacial score (nSPS) is 57.1. The standard InChI is InChI=1S/C21H33Br3/c1-19-11-7-17-15(16(19)6-5-14(19)8-12-22)13-18(23)21(24)10-4-3-9-20(17,21)2/h14-18H,3-13H2,1-2H3/t14-,15+,16+,17+,18-,19-,20-,21+/m1/s1. The molecule has 0 aromatic rings. The fourth-order valence-corrected chi connectivity index (χ4v) is 10.6. The van der Waals surface area contributed by atoms with E-state index in [1.807, 2.05) is 0 Å². The summed E-state index contributed by atoms with van der Waals surface area (Å²) in [4.78, 5) is 0.661. The molecule has 0 bridgehead atoms. The van der Waals surface area contributed by atoms with Crippen LogP contribution in [0.1, 0.15) is 78.1 Å². The minimum atomic E-state index is 0.348. The third-order valence-electron chi connectivity index (χ3n) is 9.32. The SMILES string of the molecule is C[C@]12CC[C@H]3[C@@H](C[C@@H](Br)[C@@]4(Br)CCCC[C@]34C)[C@@H]1CC[C@@H]2CCBr. The molecule has 8 atom stereocenters. The van der Waals surface area contributed by atoms with Crippen molar-refractivity contribution < 1.29 is 0 Å². The molecule has 0 radical (unpaired) electrons. The van der Waals surface area contributed by atoms with Crippen molar-refractivity contribution in [2.45, 2.75) is 87.2 Å². The number of alkyl halides is 3. The Labute approximate surface area is 174 Å². The maximum Gasteiger partial charge on any atom is 0.0439 e. The summed E-state index contributed by atoms with van der Waals surface area (Å²) in [6, 6.07) is 0. The van der Waals surface area contributed by atoms with Gasteiger partial charge in [-0.15, -0.1) is 0 Å². The molecule has 0 aromatic carbocycles. The van der Waals surface area contributed by atoms with Gasteiger partial charge in [0.25, 0.3) is 0 Å². The Morgan fingerprint density at radius 1 is 0.958 bits per heavy atom. The lowest BCUT2D eigenvalue weighted by atomic mass is 9.44. The molecular formula is C21H33Br3. The zero-order valence-electron chi connectivity index (χ0n) is 15.3. The minimum Gasteiger partial charge on any atom is -0.0928 e. The smallest absolute Gasteiger partial charge is 0.0439 e. The Morgan fingerprint density at radius 2 is 1.71 bits per heavy atom. The number of halogens is 3. The molecule has 4 aliphatic carbocycles. The summed E-state index contributed by atoms with van der Waals surface area (Å²) in [5.74, 6) is 3.86. The number of hydrogen-bond donors (Lipinski definition) is 0. The predicted molar refractivity (Wildman–Crippen MR) is 115 cm³/mol. The quantitative estimate of drug-likeness (QED) is 0.324. The number of rotatable bonds is 2. The van der Waals surface area contributed by atoms with Crippen LogP contribution in [0.25, 0.3) is 0 Å². The highest BCUT2D eigenvalue weighted by Crippen LogP contribution is 2.71. The van der Waals surface area contributed by atoms with E-state index in [-0.39, 0.29) is 0 Å². The van der Waals surface area contributed by atoms with Gasteiger partial charge in [-0.1, -0.05) is 74.5 Å². The molecule has 4 saturated carbocycles. The van der Waals surface area contributed by atoms with Gasteiger partial charge in [0.1, 0.15) is 0 Å². The van der Waals surface area contributed by atoms with Crippen molar-refractivity contribution in [2.75, 3.05) is 5.33 Å². The molecule has 0 amide bonds. The van der Waals surface area contributed by atoms with Gasteiger partial charge in [0.05, 0.1) is 0 Å². The van der Waals surface area contributed by atoms with E-state index < -0.39 is 0 Å². The molecule has 4 fully saturated rings. The third kappa shape index (κ3) is 2.45. The molecule has 4 rings (SSSR count). The molecule has 4 aliphatic rings. The average molecular weight is 525 g/mol. The van der Waals surface area contributed by atoms with Crippen LogP contribution < -0.4 is 0 Å². The highest BCUT2D eigenvalue weighted by Gasteiger charge is 2.65. The second kappa shape index (κ2) is 6.50. The Morgan fingerprint density at radius 3 is 2.46 bits per heavy atom. The summed E-state index contributed by atoms with van der Waals surface area (Å²) < 4.78 is 0.348. The van der Waals surface area contributed by atoms with Crippen LogP contribution in [0.5, 0.6) is 0 Å². The Kier molecular flexibility index (Phi) is 5.09. The van der Waals surface area contributed by atoms with Crippen molar-refractivity contribution in [3.63, 3.8) is 0 Å². The summed E-state index contributed by atoms with van der Waals surface area (Å²) in [7, 11) is 0. The van der Waals surface area contributed by atoms with Gasteiger partial charge in [0.15, 0.2) is 0 Å². The number of hydrogen-bond acceptors (Lipinski definition) is 0. The molecular weight excluding hydrogens is 492 g/mol. The Bertz CT molecular complexity index is 493. The first-order valence-corrected chi connectivity index (χ1v) is 13.1. The van der Waals surface area contributed by atoms with Crippen LogP contribution in [-0.2, 0) is 0 Å². The van der Waals surface area contributed by atoms with Gasteiger partial charge in [-0.3, -0.25) is 0 Å². The van der Waals surface area contributed by atoms with Crippen LogP contribution in [0.4, 0.5) is 0 Å². The zero-order chi connectivity index (χ0) is 17.2. The summed E-state index contributed by atoms with van der Waals surface area (Å²) in [6.07, 6.45) is 14.4. The van der Waals surface area contributed by atoms with Crippen molar-refractivity contribution in [1.29, 1.82) is 0 Å². The second-order valence-electron chi connectivity index (χ2n) is 9.86. The molecule has 0 aromatic heterocycles. The molecule has 0 spiro atoms. The van der Waals surface area contributed by atoms with E-state index in [9.17, 15) is 0 Å². The second-order valence-corrected chi connectivity index (χ2v) is 13.2. The third-order valence-corrected chi connectivity index (χ3v) is 13.4. The maximum atomic E-state index is 4.33.